The Labute approximate surface area is 197 Å². The van der Waals surface area contributed by atoms with Gasteiger partial charge in [-0.05, 0) is 67.4 Å². The molecule has 1 aliphatic rings. The first kappa shape index (κ1) is 22.8. The number of hydrogen-bond donors (Lipinski definition) is 1. The zero-order valence-electron chi connectivity index (χ0n) is 18.0. The number of hydrogen-bond acceptors (Lipinski definition) is 3. The molecule has 0 aliphatic carbocycles. The Balaban J connectivity index is 1.25. The van der Waals surface area contributed by atoms with Crippen molar-refractivity contribution in [3.8, 4) is 5.75 Å². The summed E-state index contributed by atoms with van der Waals surface area (Å²) < 4.78 is 18.8. The fourth-order valence-corrected chi connectivity index (χ4v) is 3.97. The van der Waals surface area contributed by atoms with Gasteiger partial charge in [0.25, 0.3) is 5.91 Å². The number of rotatable bonds is 6. The highest BCUT2D eigenvalue weighted by molar-refractivity contribution is 6.31. The van der Waals surface area contributed by atoms with Gasteiger partial charge in [-0.3, -0.25) is 9.59 Å². The van der Waals surface area contributed by atoms with Gasteiger partial charge >= 0.3 is 0 Å². The van der Waals surface area contributed by atoms with E-state index in [0.29, 0.717) is 54.6 Å². The van der Waals surface area contributed by atoms with Crippen molar-refractivity contribution in [3.63, 3.8) is 0 Å². The molecule has 0 atom stereocenters. The fourth-order valence-electron chi connectivity index (χ4n) is 3.78. The molecule has 3 aromatic carbocycles. The summed E-state index contributed by atoms with van der Waals surface area (Å²) >= 11 is 6.15. The summed E-state index contributed by atoms with van der Waals surface area (Å²) in [5.41, 5.74) is 2.05. The number of anilines is 1. The Hall–Kier alpha value is -3.38. The third kappa shape index (κ3) is 5.90. The minimum absolute atomic E-state index is 0.0615. The number of benzene rings is 3. The molecule has 2 amide bonds. The summed E-state index contributed by atoms with van der Waals surface area (Å²) in [6, 6.07) is 20.2. The molecule has 1 fully saturated rings. The fraction of sp³-hybridized carbons (Fsp3) is 0.231. The third-order valence-electron chi connectivity index (χ3n) is 5.72. The second kappa shape index (κ2) is 10.5. The number of amides is 2. The van der Waals surface area contributed by atoms with Gasteiger partial charge in [0.05, 0.1) is 0 Å². The number of carbonyl (C=O) groups is 2. The Bertz CT molecular complexity index is 1110. The molecule has 0 aromatic heterocycles. The van der Waals surface area contributed by atoms with Crippen LogP contribution in [0.2, 0.25) is 5.02 Å². The van der Waals surface area contributed by atoms with E-state index in [9.17, 15) is 14.0 Å². The van der Waals surface area contributed by atoms with Crippen molar-refractivity contribution in [1.29, 1.82) is 0 Å². The van der Waals surface area contributed by atoms with E-state index in [2.05, 4.69) is 5.32 Å². The Kier molecular flexibility index (Phi) is 7.25. The topological polar surface area (TPSA) is 58.6 Å². The molecule has 1 aliphatic heterocycles. The SMILES string of the molecule is O=C(Nc1ccc(OCc2ccccc2Cl)cc1)C1CCN(C(=O)c2ccc(F)cc2)CC1. The number of piperidine rings is 1. The highest BCUT2D eigenvalue weighted by atomic mass is 35.5. The van der Waals surface area contributed by atoms with Gasteiger partial charge in [0, 0.05) is 40.8 Å². The van der Waals surface area contributed by atoms with Crippen molar-refractivity contribution in [2.75, 3.05) is 18.4 Å². The second-order valence-electron chi connectivity index (χ2n) is 7.97. The smallest absolute Gasteiger partial charge is 0.253 e. The number of nitrogens with zero attached hydrogens (tertiary/aromatic N) is 1. The number of ether oxygens (including phenoxy) is 1. The highest BCUT2D eigenvalue weighted by Gasteiger charge is 2.28. The number of nitrogens with one attached hydrogen (secondary N) is 1. The van der Waals surface area contributed by atoms with Gasteiger partial charge in [-0.25, -0.2) is 4.39 Å². The van der Waals surface area contributed by atoms with Crippen LogP contribution in [-0.4, -0.2) is 29.8 Å². The van der Waals surface area contributed by atoms with Crippen molar-refractivity contribution in [1.82, 2.24) is 4.90 Å². The molecule has 7 heteroatoms. The van der Waals surface area contributed by atoms with Crippen LogP contribution in [0.5, 0.6) is 5.75 Å². The van der Waals surface area contributed by atoms with E-state index in [-0.39, 0.29) is 23.5 Å². The van der Waals surface area contributed by atoms with Crippen LogP contribution in [0.4, 0.5) is 10.1 Å². The van der Waals surface area contributed by atoms with Gasteiger partial charge < -0.3 is 15.0 Å². The summed E-state index contributed by atoms with van der Waals surface area (Å²) in [6.45, 7) is 1.34. The predicted molar refractivity (Wildman–Crippen MR) is 126 cm³/mol. The van der Waals surface area contributed by atoms with E-state index < -0.39 is 0 Å². The minimum atomic E-state index is -0.373. The zero-order valence-corrected chi connectivity index (χ0v) is 18.7. The maximum Gasteiger partial charge on any atom is 0.253 e. The van der Waals surface area contributed by atoms with Crippen molar-refractivity contribution in [2.24, 2.45) is 5.92 Å². The van der Waals surface area contributed by atoms with Gasteiger partial charge in [-0.15, -0.1) is 0 Å². The molecule has 1 heterocycles. The molecule has 1 N–H and O–H groups in total. The normalized spacial score (nSPS) is 14.1. The molecule has 0 spiro atoms. The summed E-state index contributed by atoms with van der Waals surface area (Å²) in [7, 11) is 0. The lowest BCUT2D eigenvalue weighted by atomic mass is 9.95. The number of carbonyl (C=O) groups excluding carboxylic acids is 2. The Morgan fingerprint density at radius 3 is 2.30 bits per heavy atom. The molecule has 33 heavy (non-hydrogen) atoms. The average Bonchev–Trinajstić information content (AvgIpc) is 2.84. The Morgan fingerprint density at radius 1 is 0.970 bits per heavy atom. The van der Waals surface area contributed by atoms with E-state index in [1.807, 2.05) is 24.3 Å². The second-order valence-corrected chi connectivity index (χ2v) is 8.37. The van der Waals surface area contributed by atoms with Crippen LogP contribution in [-0.2, 0) is 11.4 Å². The monoisotopic (exact) mass is 466 g/mol. The third-order valence-corrected chi connectivity index (χ3v) is 6.09. The summed E-state index contributed by atoms with van der Waals surface area (Å²) in [6.07, 6.45) is 1.16. The van der Waals surface area contributed by atoms with E-state index in [4.69, 9.17) is 16.3 Å². The molecule has 0 unspecified atom stereocenters. The predicted octanol–water partition coefficient (Wildman–Crippen LogP) is 5.55. The lowest BCUT2D eigenvalue weighted by Gasteiger charge is -2.31. The first-order valence-corrected chi connectivity index (χ1v) is 11.2. The van der Waals surface area contributed by atoms with Crippen molar-refractivity contribution < 1.29 is 18.7 Å². The average molecular weight is 467 g/mol. The zero-order chi connectivity index (χ0) is 23.2. The van der Waals surface area contributed by atoms with Gasteiger partial charge in [0.15, 0.2) is 0 Å². The molecular formula is C26H24ClFN2O3. The lowest BCUT2D eigenvalue weighted by Crippen LogP contribution is -2.41. The molecule has 5 nitrogen and oxygen atoms in total. The van der Waals surface area contributed by atoms with E-state index >= 15 is 0 Å². The molecule has 3 aromatic rings. The van der Waals surface area contributed by atoms with Crippen LogP contribution in [0.25, 0.3) is 0 Å². The quantitative estimate of drug-likeness (QED) is 0.518. The molecule has 0 radical (unpaired) electrons. The Morgan fingerprint density at radius 2 is 1.64 bits per heavy atom. The molecule has 1 saturated heterocycles. The van der Waals surface area contributed by atoms with Gasteiger partial charge in [-0.1, -0.05) is 29.8 Å². The minimum Gasteiger partial charge on any atom is -0.489 e. The van der Waals surface area contributed by atoms with Crippen molar-refractivity contribution in [2.45, 2.75) is 19.4 Å². The molecular weight excluding hydrogens is 443 g/mol. The molecule has 170 valence electrons. The summed E-state index contributed by atoms with van der Waals surface area (Å²) in [4.78, 5) is 26.9. The van der Waals surface area contributed by atoms with E-state index in [1.165, 1.54) is 24.3 Å². The highest BCUT2D eigenvalue weighted by Crippen LogP contribution is 2.23. The van der Waals surface area contributed by atoms with Gasteiger partial charge in [0.2, 0.25) is 5.91 Å². The first-order valence-electron chi connectivity index (χ1n) is 10.8. The van der Waals surface area contributed by atoms with E-state index in [1.54, 1.807) is 29.2 Å². The maximum atomic E-state index is 13.1. The summed E-state index contributed by atoms with van der Waals surface area (Å²) in [5, 5.41) is 3.60. The largest absolute Gasteiger partial charge is 0.489 e. The molecule has 0 saturated carbocycles. The maximum absolute atomic E-state index is 13.1. The lowest BCUT2D eigenvalue weighted by molar-refractivity contribution is -0.121. The van der Waals surface area contributed by atoms with Crippen molar-refractivity contribution >= 4 is 29.1 Å². The van der Waals surface area contributed by atoms with E-state index in [0.717, 1.165) is 5.56 Å². The first-order chi connectivity index (χ1) is 16.0. The van der Waals surface area contributed by atoms with Crippen molar-refractivity contribution in [3.05, 3.63) is 94.8 Å². The van der Waals surface area contributed by atoms with Crippen LogP contribution < -0.4 is 10.1 Å². The van der Waals surface area contributed by atoms with Crippen LogP contribution in [0.1, 0.15) is 28.8 Å². The number of halogens is 2. The number of likely N-dealkylation sites (tertiary alicyclic amines) is 1. The standard InChI is InChI=1S/C26H24ClFN2O3/c27-24-4-2-1-3-20(24)17-33-23-11-9-22(10-12-23)29-25(31)18-13-15-30(16-14-18)26(32)19-5-7-21(28)8-6-19/h1-12,18H,13-17H2,(H,29,31). The van der Waals surface area contributed by atoms with Crippen LogP contribution in [0, 0.1) is 11.7 Å². The van der Waals surface area contributed by atoms with Crippen LogP contribution in [0.3, 0.4) is 0 Å². The summed E-state index contributed by atoms with van der Waals surface area (Å²) in [5.74, 6) is -0.0593. The van der Waals surface area contributed by atoms with Crippen LogP contribution in [0.15, 0.2) is 72.8 Å². The van der Waals surface area contributed by atoms with Gasteiger partial charge in [0.1, 0.15) is 18.2 Å². The molecule has 4 rings (SSSR count). The van der Waals surface area contributed by atoms with Gasteiger partial charge in [-0.2, -0.15) is 0 Å². The molecule has 0 bridgehead atoms. The van der Waals surface area contributed by atoms with Crippen LogP contribution >= 0.6 is 11.6 Å².